The third-order valence-corrected chi connectivity index (χ3v) is 5.25. The number of likely N-dealkylation sites (tertiary alicyclic amines) is 1. The standard InChI is InChI=1S/C18H24BrN3O.2ClH/c1-20-9-6-14-7-10-22(11-8-14)13-18-21-12-17(23-18)15-4-2-3-5-16(15)19;;/h2-5,12,14,20H,6-11,13H2,1H3;2*1H. The zero-order chi connectivity index (χ0) is 16.1. The molecule has 1 saturated heterocycles. The summed E-state index contributed by atoms with van der Waals surface area (Å²) in [7, 11) is 2.03. The molecule has 1 aliphatic rings. The Labute approximate surface area is 170 Å². The van der Waals surface area contributed by atoms with Crippen LogP contribution in [-0.2, 0) is 6.54 Å². The number of hydrogen-bond donors (Lipinski definition) is 1. The van der Waals surface area contributed by atoms with Crippen molar-refractivity contribution in [2.24, 2.45) is 5.92 Å². The molecule has 0 saturated carbocycles. The summed E-state index contributed by atoms with van der Waals surface area (Å²) in [4.78, 5) is 6.91. The Balaban J connectivity index is 0.00000156. The number of hydrogen-bond acceptors (Lipinski definition) is 4. The van der Waals surface area contributed by atoms with Crippen LogP contribution in [0.25, 0.3) is 11.3 Å². The Bertz CT molecular complexity index is 630. The molecular formula is C18H26BrCl2N3O. The van der Waals surface area contributed by atoms with Crippen LogP contribution in [0.3, 0.4) is 0 Å². The largest absolute Gasteiger partial charge is 0.439 e. The summed E-state index contributed by atoms with van der Waals surface area (Å²) in [5, 5.41) is 3.25. The van der Waals surface area contributed by atoms with Crippen molar-refractivity contribution < 1.29 is 4.42 Å². The molecule has 1 aliphatic heterocycles. The molecule has 3 rings (SSSR count). The Morgan fingerprint density at radius 1 is 1.24 bits per heavy atom. The van der Waals surface area contributed by atoms with Crippen molar-refractivity contribution in [3.63, 3.8) is 0 Å². The Morgan fingerprint density at radius 3 is 2.64 bits per heavy atom. The van der Waals surface area contributed by atoms with Gasteiger partial charge in [-0.2, -0.15) is 0 Å². The smallest absolute Gasteiger partial charge is 0.209 e. The van der Waals surface area contributed by atoms with Gasteiger partial charge in [0, 0.05) is 10.0 Å². The number of rotatable bonds is 6. The maximum absolute atomic E-state index is 5.95. The lowest BCUT2D eigenvalue weighted by molar-refractivity contribution is 0.160. The number of oxazole rings is 1. The van der Waals surface area contributed by atoms with E-state index in [1.165, 1.54) is 19.3 Å². The average Bonchev–Trinajstić information content (AvgIpc) is 3.03. The second-order valence-corrected chi connectivity index (χ2v) is 7.06. The van der Waals surface area contributed by atoms with Crippen molar-refractivity contribution in [2.45, 2.75) is 25.8 Å². The minimum atomic E-state index is 0. The van der Waals surface area contributed by atoms with Crippen LogP contribution >= 0.6 is 40.7 Å². The second kappa shape index (κ2) is 11.2. The molecule has 1 aromatic carbocycles. The van der Waals surface area contributed by atoms with E-state index in [4.69, 9.17) is 4.42 Å². The molecule has 25 heavy (non-hydrogen) atoms. The quantitative estimate of drug-likeness (QED) is 0.688. The van der Waals surface area contributed by atoms with E-state index in [0.717, 1.165) is 53.8 Å². The van der Waals surface area contributed by atoms with E-state index < -0.39 is 0 Å². The lowest BCUT2D eigenvalue weighted by atomic mass is 9.93. The fourth-order valence-electron chi connectivity index (χ4n) is 3.14. The van der Waals surface area contributed by atoms with E-state index in [-0.39, 0.29) is 24.8 Å². The Kier molecular flexibility index (Phi) is 10.1. The van der Waals surface area contributed by atoms with E-state index >= 15 is 0 Å². The first-order valence-corrected chi connectivity index (χ1v) is 9.12. The van der Waals surface area contributed by atoms with Crippen molar-refractivity contribution in [3.05, 3.63) is 40.8 Å². The number of nitrogens with one attached hydrogen (secondary N) is 1. The number of piperidine rings is 1. The maximum atomic E-state index is 5.95. The summed E-state index contributed by atoms with van der Waals surface area (Å²) >= 11 is 3.56. The van der Waals surface area contributed by atoms with Crippen molar-refractivity contribution in [3.8, 4) is 11.3 Å². The Morgan fingerprint density at radius 2 is 1.96 bits per heavy atom. The first-order chi connectivity index (χ1) is 11.3. The highest BCUT2D eigenvalue weighted by Crippen LogP contribution is 2.29. The number of nitrogens with zero attached hydrogens (tertiary/aromatic N) is 2. The molecule has 0 amide bonds. The molecular weight excluding hydrogens is 425 g/mol. The van der Waals surface area contributed by atoms with Crippen LogP contribution in [0.2, 0.25) is 0 Å². The zero-order valence-corrected chi connectivity index (χ0v) is 17.6. The van der Waals surface area contributed by atoms with Crippen LogP contribution in [0.5, 0.6) is 0 Å². The number of benzene rings is 1. The summed E-state index contributed by atoms with van der Waals surface area (Å²) in [5.41, 5.74) is 1.05. The SMILES string of the molecule is CNCCC1CCN(Cc2ncc(-c3ccccc3Br)o2)CC1.Cl.Cl. The van der Waals surface area contributed by atoms with Gasteiger partial charge in [0.05, 0.1) is 12.7 Å². The van der Waals surface area contributed by atoms with Gasteiger partial charge in [-0.1, -0.05) is 34.1 Å². The van der Waals surface area contributed by atoms with Gasteiger partial charge in [0.15, 0.2) is 5.76 Å². The van der Waals surface area contributed by atoms with Crippen molar-refractivity contribution in [2.75, 3.05) is 26.7 Å². The van der Waals surface area contributed by atoms with Crippen LogP contribution in [0, 0.1) is 5.92 Å². The summed E-state index contributed by atoms with van der Waals surface area (Å²) in [6, 6.07) is 8.08. The average molecular weight is 451 g/mol. The highest BCUT2D eigenvalue weighted by Gasteiger charge is 2.20. The normalized spacial score (nSPS) is 15.4. The zero-order valence-electron chi connectivity index (χ0n) is 14.4. The van der Waals surface area contributed by atoms with Gasteiger partial charge in [-0.3, -0.25) is 4.90 Å². The number of aromatic nitrogens is 1. The summed E-state index contributed by atoms with van der Waals surface area (Å²) in [5.74, 6) is 2.50. The molecule has 0 spiro atoms. The molecule has 0 aliphatic carbocycles. The lowest BCUT2D eigenvalue weighted by Gasteiger charge is -2.31. The van der Waals surface area contributed by atoms with E-state index in [0.29, 0.717) is 0 Å². The van der Waals surface area contributed by atoms with Crippen LogP contribution in [0.15, 0.2) is 39.4 Å². The number of halogens is 3. The minimum absolute atomic E-state index is 0. The maximum Gasteiger partial charge on any atom is 0.209 e. The van der Waals surface area contributed by atoms with Gasteiger partial charge in [0.1, 0.15) is 0 Å². The molecule has 1 aromatic heterocycles. The van der Waals surface area contributed by atoms with E-state index in [2.05, 4.69) is 31.1 Å². The van der Waals surface area contributed by atoms with Gasteiger partial charge in [0.2, 0.25) is 5.89 Å². The predicted octanol–water partition coefficient (Wildman–Crippen LogP) is 4.77. The fourth-order valence-corrected chi connectivity index (χ4v) is 3.62. The predicted molar refractivity (Wildman–Crippen MR) is 111 cm³/mol. The summed E-state index contributed by atoms with van der Waals surface area (Å²) in [6.45, 7) is 4.21. The summed E-state index contributed by atoms with van der Waals surface area (Å²) in [6.07, 6.45) is 5.67. The molecule has 0 unspecified atom stereocenters. The topological polar surface area (TPSA) is 41.3 Å². The third-order valence-electron chi connectivity index (χ3n) is 4.56. The molecule has 2 heterocycles. The van der Waals surface area contributed by atoms with Gasteiger partial charge in [-0.05, 0) is 57.9 Å². The van der Waals surface area contributed by atoms with E-state index in [1.54, 1.807) is 0 Å². The minimum Gasteiger partial charge on any atom is -0.439 e. The van der Waals surface area contributed by atoms with Crippen molar-refractivity contribution in [1.29, 1.82) is 0 Å². The first kappa shape index (κ1) is 22.5. The monoisotopic (exact) mass is 449 g/mol. The molecule has 1 fully saturated rings. The molecule has 7 heteroatoms. The van der Waals surface area contributed by atoms with Crippen LogP contribution < -0.4 is 5.32 Å². The molecule has 140 valence electrons. The van der Waals surface area contributed by atoms with Gasteiger partial charge in [-0.15, -0.1) is 24.8 Å². The third kappa shape index (κ3) is 6.26. The van der Waals surface area contributed by atoms with Gasteiger partial charge >= 0.3 is 0 Å². The Hall–Kier alpha value is -0.590. The van der Waals surface area contributed by atoms with Crippen LogP contribution in [-0.4, -0.2) is 36.6 Å². The van der Waals surface area contributed by atoms with Crippen LogP contribution in [0.1, 0.15) is 25.2 Å². The molecule has 0 bridgehead atoms. The van der Waals surface area contributed by atoms with Gasteiger partial charge in [0.25, 0.3) is 0 Å². The highest BCUT2D eigenvalue weighted by molar-refractivity contribution is 9.10. The molecule has 4 nitrogen and oxygen atoms in total. The van der Waals surface area contributed by atoms with E-state index in [1.807, 2.05) is 37.5 Å². The van der Waals surface area contributed by atoms with Gasteiger partial charge < -0.3 is 9.73 Å². The van der Waals surface area contributed by atoms with Gasteiger partial charge in [-0.25, -0.2) is 4.98 Å². The first-order valence-electron chi connectivity index (χ1n) is 8.33. The lowest BCUT2D eigenvalue weighted by Crippen LogP contribution is -2.34. The van der Waals surface area contributed by atoms with Crippen molar-refractivity contribution >= 4 is 40.7 Å². The van der Waals surface area contributed by atoms with Crippen LogP contribution in [0.4, 0.5) is 0 Å². The molecule has 2 aromatic rings. The molecule has 0 atom stereocenters. The molecule has 0 radical (unpaired) electrons. The van der Waals surface area contributed by atoms with Crippen molar-refractivity contribution in [1.82, 2.24) is 15.2 Å². The highest BCUT2D eigenvalue weighted by atomic mass is 79.9. The summed E-state index contributed by atoms with van der Waals surface area (Å²) < 4.78 is 6.99. The fraction of sp³-hybridized carbons (Fsp3) is 0.500. The molecule has 1 N–H and O–H groups in total. The second-order valence-electron chi connectivity index (χ2n) is 6.21. The van der Waals surface area contributed by atoms with E-state index in [9.17, 15) is 0 Å².